The van der Waals surface area contributed by atoms with Gasteiger partial charge in [-0.15, -0.1) is 0 Å². The molecule has 136 valence electrons. The molecule has 1 aliphatic heterocycles. The Morgan fingerprint density at radius 2 is 1.84 bits per heavy atom. The van der Waals surface area contributed by atoms with E-state index in [1.807, 2.05) is 24.3 Å². The molecule has 2 fully saturated rings. The second kappa shape index (κ2) is 7.06. The molecule has 5 heteroatoms. The minimum atomic E-state index is -0.239. The van der Waals surface area contributed by atoms with Crippen LogP contribution in [0.15, 0.2) is 24.3 Å². The van der Waals surface area contributed by atoms with Gasteiger partial charge in [-0.05, 0) is 49.9 Å². The highest BCUT2D eigenvalue weighted by Crippen LogP contribution is 2.35. The summed E-state index contributed by atoms with van der Waals surface area (Å²) in [7, 11) is 1.62. The van der Waals surface area contributed by atoms with Crippen LogP contribution in [0.5, 0.6) is 5.75 Å². The molecule has 0 N–H and O–H groups in total. The molecule has 2 atom stereocenters. The predicted octanol–water partition coefficient (Wildman–Crippen LogP) is 3.08. The maximum atomic E-state index is 13.1. The van der Waals surface area contributed by atoms with E-state index in [-0.39, 0.29) is 23.8 Å². The molecule has 1 aliphatic carbocycles. The zero-order chi connectivity index (χ0) is 18.1. The van der Waals surface area contributed by atoms with E-state index >= 15 is 0 Å². The average Bonchev–Trinajstić information content (AvgIpc) is 3.36. The van der Waals surface area contributed by atoms with Crippen molar-refractivity contribution in [3.05, 3.63) is 24.3 Å². The van der Waals surface area contributed by atoms with Crippen molar-refractivity contribution in [1.82, 2.24) is 4.90 Å². The van der Waals surface area contributed by atoms with Crippen LogP contribution in [0.4, 0.5) is 5.69 Å². The molecule has 0 bridgehead atoms. The topological polar surface area (TPSA) is 49.9 Å². The van der Waals surface area contributed by atoms with Gasteiger partial charge in [-0.2, -0.15) is 0 Å². The molecule has 1 heterocycles. The number of anilines is 1. The predicted molar refractivity (Wildman–Crippen MR) is 97.6 cm³/mol. The summed E-state index contributed by atoms with van der Waals surface area (Å²) in [6.07, 6.45) is 2.48. The molecule has 0 unspecified atom stereocenters. The summed E-state index contributed by atoms with van der Waals surface area (Å²) in [6, 6.07) is 8.02. The summed E-state index contributed by atoms with van der Waals surface area (Å²) in [5.41, 5.74) is 0.830. The normalized spacial score (nSPS) is 21.6. The number of carbonyl (C=O) groups excluding carboxylic acids is 2. The van der Waals surface area contributed by atoms with Crippen LogP contribution >= 0.6 is 0 Å². The van der Waals surface area contributed by atoms with Crippen LogP contribution in [0.25, 0.3) is 0 Å². The molecule has 0 radical (unpaired) electrons. The van der Waals surface area contributed by atoms with E-state index in [4.69, 9.17) is 4.74 Å². The Kier molecular flexibility index (Phi) is 5.02. The lowest BCUT2D eigenvalue weighted by Crippen LogP contribution is -2.46. The first kappa shape index (κ1) is 17.8. The number of amides is 2. The number of nitrogens with zero attached hydrogens (tertiary/aromatic N) is 2. The Bertz CT molecular complexity index is 637. The van der Waals surface area contributed by atoms with E-state index in [0.717, 1.165) is 24.3 Å². The zero-order valence-electron chi connectivity index (χ0n) is 15.6. The van der Waals surface area contributed by atoms with Gasteiger partial charge in [0, 0.05) is 30.7 Å². The van der Waals surface area contributed by atoms with Crippen LogP contribution in [-0.2, 0) is 9.59 Å². The van der Waals surface area contributed by atoms with Crippen LogP contribution < -0.4 is 9.64 Å². The molecule has 0 aromatic heterocycles. The van der Waals surface area contributed by atoms with Crippen molar-refractivity contribution in [2.24, 2.45) is 11.8 Å². The van der Waals surface area contributed by atoms with Gasteiger partial charge < -0.3 is 14.5 Å². The maximum absolute atomic E-state index is 13.1. The molecule has 1 aromatic carbocycles. The highest BCUT2D eigenvalue weighted by molar-refractivity contribution is 6.00. The molecule has 2 amide bonds. The minimum Gasteiger partial charge on any atom is -0.497 e. The Labute approximate surface area is 149 Å². The number of methoxy groups -OCH3 is 1. The van der Waals surface area contributed by atoms with Crippen LogP contribution in [-0.4, -0.2) is 42.5 Å². The van der Waals surface area contributed by atoms with E-state index in [1.54, 1.807) is 12.0 Å². The molecule has 2 aliphatic rings. The fraction of sp³-hybridized carbons (Fsp3) is 0.600. The van der Waals surface area contributed by atoms with Crippen LogP contribution in [0, 0.1) is 11.8 Å². The lowest BCUT2D eigenvalue weighted by atomic mass is 10.0. The summed E-state index contributed by atoms with van der Waals surface area (Å²) in [4.78, 5) is 29.4. The monoisotopic (exact) mass is 344 g/mol. The van der Waals surface area contributed by atoms with Gasteiger partial charge in [-0.3, -0.25) is 9.59 Å². The van der Waals surface area contributed by atoms with Crippen molar-refractivity contribution in [3.8, 4) is 5.75 Å². The largest absolute Gasteiger partial charge is 0.497 e. The molecule has 1 aromatic rings. The van der Waals surface area contributed by atoms with E-state index in [0.29, 0.717) is 24.9 Å². The first-order valence-electron chi connectivity index (χ1n) is 9.19. The van der Waals surface area contributed by atoms with E-state index < -0.39 is 0 Å². The van der Waals surface area contributed by atoms with Crippen molar-refractivity contribution in [2.75, 3.05) is 18.6 Å². The summed E-state index contributed by atoms with van der Waals surface area (Å²) in [5.74, 6) is 1.11. The number of carbonyl (C=O) groups is 2. The molecule has 0 spiro atoms. The number of benzene rings is 1. The Balaban J connectivity index is 1.73. The quantitative estimate of drug-likeness (QED) is 0.797. The van der Waals surface area contributed by atoms with Gasteiger partial charge >= 0.3 is 0 Å². The number of rotatable bonds is 6. The molecule has 5 nitrogen and oxygen atoms in total. The first-order chi connectivity index (χ1) is 11.9. The van der Waals surface area contributed by atoms with Crippen molar-refractivity contribution in [3.63, 3.8) is 0 Å². The standard InChI is InChI=1S/C20H28N2O3/c1-13(2)14(3)22(17-5-6-17)20(24)15-11-19(23)21(12-15)16-7-9-18(25-4)10-8-16/h7-10,13-15,17H,5-6,11-12H2,1-4H3/t14-,15-/m0/s1. The van der Waals surface area contributed by atoms with Gasteiger partial charge in [-0.25, -0.2) is 0 Å². The summed E-state index contributed by atoms with van der Waals surface area (Å²) < 4.78 is 5.17. The second-order valence-electron chi connectivity index (χ2n) is 7.56. The lowest BCUT2D eigenvalue weighted by molar-refractivity contribution is -0.139. The van der Waals surface area contributed by atoms with Crippen LogP contribution in [0.1, 0.15) is 40.0 Å². The van der Waals surface area contributed by atoms with Gasteiger partial charge in [-0.1, -0.05) is 13.8 Å². The SMILES string of the molecule is COc1ccc(N2C[C@@H](C(=O)N(C3CC3)[C@@H](C)C(C)C)CC2=O)cc1. The van der Waals surface area contributed by atoms with Crippen LogP contribution in [0.3, 0.4) is 0 Å². The fourth-order valence-electron chi connectivity index (χ4n) is 3.48. The van der Waals surface area contributed by atoms with Gasteiger partial charge in [0.1, 0.15) is 5.75 Å². The van der Waals surface area contributed by atoms with Gasteiger partial charge in [0.25, 0.3) is 0 Å². The molecular weight excluding hydrogens is 316 g/mol. The zero-order valence-corrected chi connectivity index (χ0v) is 15.6. The third kappa shape index (κ3) is 3.65. The van der Waals surface area contributed by atoms with Crippen molar-refractivity contribution < 1.29 is 14.3 Å². The Morgan fingerprint density at radius 3 is 2.36 bits per heavy atom. The van der Waals surface area contributed by atoms with Gasteiger partial charge in [0.05, 0.1) is 13.0 Å². The molecule has 1 saturated carbocycles. The van der Waals surface area contributed by atoms with E-state index in [1.165, 1.54) is 0 Å². The number of ether oxygens (including phenoxy) is 1. The Hall–Kier alpha value is -2.04. The summed E-state index contributed by atoms with van der Waals surface area (Å²) >= 11 is 0. The summed E-state index contributed by atoms with van der Waals surface area (Å²) in [5, 5.41) is 0. The lowest BCUT2D eigenvalue weighted by Gasteiger charge is -2.34. The van der Waals surface area contributed by atoms with Gasteiger partial charge in [0.15, 0.2) is 0 Å². The Morgan fingerprint density at radius 1 is 1.20 bits per heavy atom. The van der Waals surface area contributed by atoms with Crippen molar-refractivity contribution in [1.29, 1.82) is 0 Å². The molecular formula is C20H28N2O3. The third-order valence-electron chi connectivity index (χ3n) is 5.46. The summed E-state index contributed by atoms with van der Waals surface area (Å²) in [6.45, 7) is 6.89. The van der Waals surface area contributed by atoms with Crippen LogP contribution in [0.2, 0.25) is 0 Å². The van der Waals surface area contributed by atoms with E-state index in [2.05, 4.69) is 25.7 Å². The van der Waals surface area contributed by atoms with Crippen molar-refractivity contribution >= 4 is 17.5 Å². The first-order valence-corrected chi connectivity index (χ1v) is 9.19. The smallest absolute Gasteiger partial charge is 0.228 e. The highest BCUT2D eigenvalue weighted by Gasteiger charge is 2.43. The number of hydrogen-bond acceptors (Lipinski definition) is 3. The molecule has 1 saturated heterocycles. The van der Waals surface area contributed by atoms with Crippen molar-refractivity contribution in [2.45, 2.75) is 52.1 Å². The number of hydrogen-bond donors (Lipinski definition) is 0. The van der Waals surface area contributed by atoms with Gasteiger partial charge in [0.2, 0.25) is 11.8 Å². The third-order valence-corrected chi connectivity index (χ3v) is 5.46. The molecule has 25 heavy (non-hydrogen) atoms. The highest BCUT2D eigenvalue weighted by atomic mass is 16.5. The average molecular weight is 344 g/mol. The van der Waals surface area contributed by atoms with E-state index in [9.17, 15) is 9.59 Å². The minimum absolute atomic E-state index is 0.0245. The second-order valence-corrected chi connectivity index (χ2v) is 7.56. The maximum Gasteiger partial charge on any atom is 0.228 e. The fourth-order valence-corrected chi connectivity index (χ4v) is 3.48. The molecule has 3 rings (SSSR count).